The number of rotatable bonds is 7. The van der Waals surface area contributed by atoms with Crippen LogP contribution in [0, 0.1) is 5.41 Å². The first-order chi connectivity index (χ1) is 12.0. The number of carbonyl (C=O) groups excluding carboxylic acids is 1. The number of hydrogen-bond acceptors (Lipinski definition) is 4. The van der Waals surface area contributed by atoms with Crippen LogP contribution in [0.3, 0.4) is 0 Å². The van der Waals surface area contributed by atoms with E-state index in [4.69, 9.17) is 4.74 Å². The molecular formula is C22H34O4. The van der Waals surface area contributed by atoms with Gasteiger partial charge in [-0.3, -0.25) is 4.79 Å². The first-order valence-electron chi connectivity index (χ1n) is 9.24. The van der Waals surface area contributed by atoms with Gasteiger partial charge in [-0.25, -0.2) is 0 Å². The molecule has 2 atom stereocenters. The van der Waals surface area contributed by atoms with Gasteiger partial charge in [0.1, 0.15) is 5.60 Å². The number of aliphatic hydroxyl groups excluding tert-OH is 1. The Morgan fingerprint density at radius 2 is 2.04 bits per heavy atom. The van der Waals surface area contributed by atoms with E-state index < -0.39 is 24.3 Å². The Labute approximate surface area is 158 Å². The van der Waals surface area contributed by atoms with Crippen molar-refractivity contribution in [2.45, 2.75) is 72.5 Å². The van der Waals surface area contributed by atoms with Crippen molar-refractivity contribution in [1.29, 1.82) is 0 Å². The molecule has 0 aromatic heterocycles. The highest BCUT2D eigenvalue weighted by Crippen LogP contribution is 2.40. The Bertz CT molecular complexity index is 618. The minimum atomic E-state index is -1.44. The van der Waals surface area contributed by atoms with Gasteiger partial charge in [-0.05, 0) is 57.1 Å². The molecule has 0 bridgehead atoms. The second-order valence-corrected chi connectivity index (χ2v) is 8.04. The standard InChI is InChI=1S/C22H34O4/c1-16(11-12-19-17(2)10-8-13-21(19,4)5)9-7-14-22(6,25)20(15-23)26-18(3)24/h7,9,11-12,14,20,23,25H,8,10,13,15H2,1-6H3/b12-11+,14-7+,16-9+/t20-,22-/m0/s1. The molecule has 26 heavy (non-hydrogen) atoms. The van der Waals surface area contributed by atoms with Gasteiger partial charge in [-0.2, -0.15) is 0 Å². The average Bonchev–Trinajstić information content (AvgIpc) is 2.50. The topological polar surface area (TPSA) is 66.8 Å². The van der Waals surface area contributed by atoms with Gasteiger partial charge in [0.2, 0.25) is 0 Å². The zero-order chi connectivity index (χ0) is 20.0. The van der Waals surface area contributed by atoms with Crippen LogP contribution in [-0.2, 0) is 9.53 Å². The monoisotopic (exact) mass is 362 g/mol. The van der Waals surface area contributed by atoms with Crippen molar-refractivity contribution in [3.8, 4) is 0 Å². The molecule has 0 amide bonds. The number of allylic oxidation sites excluding steroid dienone is 7. The largest absolute Gasteiger partial charge is 0.457 e. The molecule has 1 aliphatic rings. The summed E-state index contributed by atoms with van der Waals surface area (Å²) in [5, 5.41) is 19.7. The molecule has 0 aliphatic heterocycles. The summed E-state index contributed by atoms with van der Waals surface area (Å²) in [5.74, 6) is -0.536. The lowest BCUT2D eigenvalue weighted by Gasteiger charge is -2.32. The maximum absolute atomic E-state index is 11.1. The van der Waals surface area contributed by atoms with Crippen LogP contribution < -0.4 is 0 Å². The fraction of sp³-hybridized carbons (Fsp3) is 0.591. The van der Waals surface area contributed by atoms with E-state index in [-0.39, 0.29) is 5.41 Å². The lowest BCUT2D eigenvalue weighted by atomic mass is 9.72. The van der Waals surface area contributed by atoms with Gasteiger partial charge in [0.25, 0.3) is 0 Å². The second kappa shape index (κ2) is 9.33. The quantitative estimate of drug-likeness (QED) is 0.525. The summed E-state index contributed by atoms with van der Waals surface area (Å²) in [6.45, 7) is 11.1. The normalized spacial score (nSPS) is 21.9. The average molecular weight is 363 g/mol. The van der Waals surface area contributed by atoms with E-state index in [1.54, 1.807) is 6.08 Å². The lowest BCUT2D eigenvalue weighted by Crippen LogP contribution is -2.42. The third-order valence-electron chi connectivity index (χ3n) is 4.97. The fourth-order valence-corrected chi connectivity index (χ4v) is 3.32. The van der Waals surface area contributed by atoms with Crippen molar-refractivity contribution in [1.82, 2.24) is 0 Å². The molecule has 0 spiro atoms. The van der Waals surface area contributed by atoms with Gasteiger partial charge < -0.3 is 14.9 Å². The minimum Gasteiger partial charge on any atom is -0.457 e. The zero-order valence-electron chi connectivity index (χ0n) is 17.0. The van der Waals surface area contributed by atoms with E-state index >= 15 is 0 Å². The van der Waals surface area contributed by atoms with Gasteiger partial charge >= 0.3 is 5.97 Å². The molecule has 0 fully saturated rings. The third-order valence-corrected chi connectivity index (χ3v) is 4.97. The number of ether oxygens (including phenoxy) is 1. The van der Waals surface area contributed by atoms with Crippen molar-refractivity contribution in [2.75, 3.05) is 6.61 Å². The molecule has 2 N–H and O–H groups in total. The molecule has 0 heterocycles. The molecule has 1 rings (SSSR count). The molecule has 4 heteroatoms. The number of aliphatic hydroxyl groups is 2. The number of hydrogen-bond donors (Lipinski definition) is 2. The van der Waals surface area contributed by atoms with Crippen molar-refractivity contribution in [2.24, 2.45) is 5.41 Å². The van der Waals surface area contributed by atoms with E-state index in [0.29, 0.717) is 0 Å². The smallest absolute Gasteiger partial charge is 0.303 e. The van der Waals surface area contributed by atoms with E-state index in [1.807, 2.05) is 13.0 Å². The van der Waals surface area contributed by atoms with Crippen LogP contribution in [-0.4, -0.2) is 34.5 Å². The Kier molecular flexibility index (Phi) is 8.04. The summed E-state index contributed by atoms with van der Waals surface area (Å²) >= 11 is 0. The number of carbonyl (C=O) groups is 1. The molecule has 0 radical (unpaired) electrons. The summed E-state index contributed by atoms with van der Waals surface area (Å²) in [7, 11) is 0. The summed E-state index contributed by atoms with van der Waals surface area (Å²) in [6.07, 6.45) is 12.0. The molecule has 0 aromatic rings. The molecule has 0 unspecified atom stereocenters. The zero-order valence-corrected chi connectivity index (χ0v) is 17.0. The van der Waals surface area contributed by atoms with Gasteiger partial charge in [0.15, 0.2) is 6.10 Å². The summed E-state index contributed by atoms with van der Waals surface area (Å²) in [6, 6.07) is 0. The predicted molar refractivity (Wildman–Crippen MR) is 106 cm³/mol. The summed E-state index contributed by atoms with van der Waals surface area (Å²) < 4.78 is 4.95. The maximum atomic E-state index is 11.1. The molecular weight excluding hydrogens is 328 g/mol. The SMILES string of the molecule is CC(=O)O[C@@H](CO)[C@@](C)(O)/C=C/C=C(C)/C=C/C1=C(C)CCCC1(C)C. The minimum absolute atomic E-state index is 0.205. The van der Waals surface area contributed by atoms with Gasteiger partial charge in [-0.1, -0.05) is 49.3 Å². The third kappa shape index (κ3) is 6.58. The van der Waals surface area contributed by atoms with Crippen molar-refractivity contribution in [3.63, 3.8) is 0 Å². The highest BCUT2D eigenvalue weighted by Gasteiger charge is 2.31. The maximum Gasteiger partial charge on any atom is 0.303 e. The first kappa shape index (κ1) is 22.4. The Morgan fingerprint density at radius 3 is 2.58 bits per heavy atom. The van der Waals surface area contributed by atoms with E-state index in [0.717, 1.165) is 12.0 Å². The molecule has 0 saturated carbocycles. The van der Waals surface area contributed by atoms with Crippen molar-refractivity contribution in [3.05, 3.63) is 47.1 Å². The Hall–Kier alpha value is -1.65. The Balaban J connectivity index is 2.84. The van der Waals surface area contributed by atoms with Gasteiger partial charge in [-0.15, -0.1) is 0 Å². The predicted octanol–water partition coefficient (Wildman–Crippen LogP) is 4.25. The summed E-state index contributed by atoms with van der Waals surface area (Å²) in [4.78, 5) is 11.1. The molecule has 1 aliphatic carbocycles. The fourth-order valence-electron chi connectivity index (χ4n) is 3.32. The Morgan fingerprint density at radius 1 is 1.38 bits per heavy atom. The highest BCUT2D eigenvalue weighted by atomic mass is 16.6. The van der Waals surface area contributed by atoms with E-state index in [2.05, 4.69) is 32.9 Å². The molecule has 146 valence electrons. The van der Waals surface area contributed by atoms with Crippen LogP contribution in [0.15, 0.2) is 47.1 Å². The lowest BCUT2D eigenvalue weighted by molar-refractivity contribution is -0.160. The van der Waals surface area contributed by atoms with Gasteiger partial charge in [0.05, 0.1) is 6.61 Å². The second-order valence-electron chi connectivity index (χ2n) is 8.04. The van der Waals surface area contributed by atoms with Crippen molar-refractivity contribution < 1.29 is 19.7 Å². The van der Waals surface area contributed by atoms with Gasteiger partial charge in [0, 0.05) is 6.92 Å². The van der Waals surface area contributed by atoms with Crippen LogP contribution in [0.5, 0.6) is 0 Å². The van der Waals surface area contributed by atoms with Crippen LogP contribution in [0.2, 0.25) is 0 Å². The first-order valence-corrected chi connectivity index (χ1v) is 9.24. The highest BCUT2D eigenvalue weighted by molar-refractivity contribution is 5.66. The summed E-state index contributed by atoms with van der Waals surface area (Å²) in [5.41, 5.74) is 2.67. The molecule has 0 saturated heterocycles. The number of esters is 1. The van der Waals surface area contributed by atoms with Crippen LogP contribution in [0.1, 0.15) is 60.8 Å². The van der Waals surface area contributed by atoms with E-state index in [1.165, 1.54) is 43.9 Å². The van der Waals surface area contributed by atoms with E-state index in [9.17, 15) is 15.0 Å². The van der Waals surface area contributed by atoms with Crippen LogP contribution in [0.4, 0.5) is 0 Å². The molecule has 0 aromatic carbocycles. The van der Waals surface area contributed by atoms with Crippen LogP contribution >= 0.6 is 0 Å². The molecule has 4 nitrogen and oxygen atoms in total. The van der Waals surface area contributed by atoms with Crippen LogP contribution in [0.25, 0.3) is 0 Å². The van der Waals surface area contributed by atoms with Crippen molar-refractivity contribution >= 4 is 5.97 Å².